The third-order valence-corrected chi connectivity index (χ3v) is 13.1. The van der Waals surface area contributed by atoms with Crippen LogP contribution in [0.15, 0.2) is 249 Å². The molecule has 1 aliphatic rings. The highest BCUT2D eigenvalue weighted by atomic mass is 15.2. The Bertz CT molecular complexity index is 3460. The first-order chi connectivity index (χ1) is 34.4. The fraction of sp³-hybridized carbons (Fsp3) is 0.121. The molecular weight excluding hydrogens is 849 g/mol. The van der Waals surface area contributed by atoms with Crippen molar-refractivity contribution in [2.24, 2.45) is 7.05 Å². The summed E-state index contributed by atoms with van der Waals surface area (Å²) in [5.74, 6) is 0. The highest BCUT2D eigenvalue weighted by Crippen LogP contribution is 2.37. The molecule has 0 radical (unpaired) electrons. The molecule has 3 heterocycles. The van der Waals surface area contributed by atoms with Crippen molar-refractivity contribution in [1.82, 2.24) is 19.4 Å². The predicted molar refractivity (Wildman–Crippen MR) is 305 cm³/mol. The van der Waals surface area contributed by atoms with E-state index in [9.17, 15) is 0 Å². The van der Waals surface area contributed by atoms with Gasteiger partial charge >= 0.3 is 0 Å². The van der Waals surface area contributed by atoms with E-state index in [1.165, 1.54) is 82.7 Å². The molecule has 2 aromatic heterocycles. The topological polar surface area (TPSA) is 25.1 Å². The molecule has 1 aliphatic heterocycles. The van der Waals surface area contributed by atoms with Crippen LogP contribution in [0.2, 0.25) is 0 Å². The highest BCUT2D eigenvalue weighted by Gasteiger charge is 2.17. The summed E-state index contributed by atoms with van der Waals surface area (Å²) in [6.07, 6.45) is 10.2. The number of aryl methyl sites for hydroxylation is 1. The van der Waals surface area contributed by atoms with Gasteiger partial charge in [0, 0.05) is 52.4 Å². The van der Waals surface area contributed by atoms with Crippen LogP contribution in [-0.2, 0) is 7.05 Å². The molecule has 0 bridgehead atoms. The lowest BCUT2D eigenvalue weighted by Gasteiger charge is -2.27. The Morgan fingerprint density at radius 2 is 1.00 bits per heavy atom. The summed E-state index contributed by atoms with van der Waals surface area (Å²) in [6.45, 7) is 17.0. The Hall–Kier alpha value is -8.18. The molecule has 1 N–H and O–H groups in total. The van der Waals surface area contributed by atoms with E-state index in [0.717, 1.165) is 23.4 Å². The smallest absolute Gasteiger partial charge is 0.0680 e. The maximum Gasteiger partial charge on any atom is 0.0680 e. The molecule has 0 aliphatic carbocycles. The monoisotopic (exact) mass is 913 g/mol. The second-order valence-corrected chi connectivity index (χ2v) is 17.2. The molecule has 1 unspecified atom stereocenters. The van der Waals surface area contributed by atoms with E-state index in [2.05, 4.69) is 260 Å². The van der Waals surface area contributed by atoms with Gasteiger partial charge in [0.15, 0.2) is 0 Å². The number of rotatable bonds is 8. The average Bonchev–Trinajstić information content (AvgIpc) is 3.92. The van der Waals surface area contributed by atoms with E-state index in [4.69, 9.17) is 0 Å². The minimum atomic E-state index is 0.149. The van der Waals surface area contributed by atoms with Crippen LogP contribution in [0.5, 0.6) is 0 Å². The van der Waals surface area contributed by atoms with Gasteiger partial charge < -0.3 is 14.0 Å². The van der Waals surface area contributed by atoms with Crippen LogP contribution in [-0.4, -0.2) is 33.8 Å². The number of aromatic nitrogens is 2. The number of benzene rings is 8. The first kappa shape index (κ1) is 48.3. The van der Waals surface area contributed by atoms with E-state index in [0.29, 0.717) is 0 Å². The van der Waals surface area contributed by atoms with Gasteiger partial charge in [-0.25, -0.2) is 0 Å². The largest absolute Gasteiger partial charge is 0.368 e. The second kappa shape index (κ2) is 22.7. The maximum atomic E-state index is 4.03. The van der Waals surface area contributed by atoms with E-state index in [-0.39, 0.29) is 6.04 Å². The summed E-state index contributed by atoms with van der Waals surface area (Å²) in [6, 6.07) is 71.3. The molecule has 0 amide bonds. The molecule has 70 heavy (non-hydrogen) atoms. The van der Waals surface area contributed by atoms with Crippen molar-refractivity contribution in [2.45, 2.75) is 33.7 Å². The number of para-hydroxylation sites is 3. The van der Waals surface area contributed by atoms with Crippen LogP contribution in [0.3, 0.4) is 0 Å². The van der Waals surface area contributed by atoms with Crippen molar-refractivity contribution < 1.29 is 0 Å². The van der Waals surface area contributed by atoms with Crippen LogP contribution < -0.4 is 5.32 Å². The number of hydrogen-bond donors (Lipinski definition) is 1. The molecule has 4 heteroatoms. The van der Waals surface area contributed by atoms with E-state index in [1.807, 2.05) is 45.2 Å². The van der Waals surface area contributed by atoms with Gasteiger partial charge in [-0.05, 0) is 125 Å². The number of hydrogen-bond acceptors (Lipinski definition) is 2. The minimum Gasteiger partial charge on any atom is -0.368 e. The lowest BCUT2D eigenvalue weighted by molar-refractivity contribution is 0.376. The zero-order chi connectivity index (χ0) is 49.0. The molecule has 4 nitrogen and oxygen atoms in total. The van der Waals surface area contributed by atoms with Gasteiger partial charge in [-0.3, -0.25) is 5.32 Å². The van der Waals surface area contributed by atoms with E-state index >= 15 is 0 Å². The summed E-state index contributed by atoms with van der Waals surface area (Å²) in [5, 5.41) is 8.68. The lowest BCUT2D eigenvalue weighted by Crippen LogP contribution is -2.40. The molecule has 348 valence electrons. The van der Waals surface area contributed by atoms with Crippen molar-refractivity contribution in [3.8, 4) is 27.9 Å². The number of nitrogens with zero attached hydrogens (tertiary/aromatic N) is 3. The second-order valence-electron chi connectivity index (χ2n) is 17.2. The molecule has 1 atom stereocenters. The average molecular weight is 913 g/mol. The first-order valence-electron chi connectivity index (χ1n) is 24.4. The Balaban J connectivity index is 0.000000157. The molecule has 0 saturated heterocycles. The SMILES string of the molecule is C/C=C(\C)c1ccccc1.C=C/C(=C(\C=C)C1C=CN(C)CN1)c1ccc(-c2ccccc2)cc1.CC.Cn1c2ccccc2c2cc(-c3ccc4c(c3)c3ccccc3n4-c3ccccc3)ccc21. The fourth-order valence-corrected chi connectivity index (χ4v) is 9.31. The summed E-state index contributed by atoms with van der Waals surface area (Å²) < 4.78 is 4.65. The molecule has 0 fully saturated rings. The number of allylic oxidation sites excluding steroid dienone is 4. The minimum absolute atomic E-state index is 0.149. The fourth-order valence-electron chi connectivity index (χ4n) is 9.31. The normalized spacial score (nSPS) is 13.7. The van der Waals surface area contributed by atoms with Gasteiger partial charge in [0.05, 0.1) is 23.7 Å². The Kier molecular flexibility index (Phi) is 15.7. The molecule has 0 saturated carbocycles. The van der Waals surface area contributed by atoms with Gasteiger partial charge in [-0.15, -0.1) is 0 Å². The third kappa shape index (κ3) is 10.3. The van der Waals surface area contributed by atoms with Crippen molar-refractivity contribution in [2.75, 3.05) is 13.7 Å². The summed E-state index contributed by atoms with van der Waals surface area (Å²) in [4.78, 5) is 2.11. The quantitative estimate of drug-likeness (QED) is 0.154. The van der Waals surface area contributed by atoms with Crippen molar-refractivity contribution >= 4 is 54.8 Å². The van der Waals surface area contributed by atoms with Crippen LogP contribution in [0.1, 0.15) is 38.8 Å². The Morgan fingerprint density at radius 1 is 0.514 bits per heavy atom. The van der Waals surface area contributed by atoms with Crippen LogP contribution in [0.4, 0.5) is 0 Å². The van der Waals surface area contributed by atoms with Crippen molar-refractivity contribution in [3.05, 3.63) is 261 Å². The van der Waals surface area contributed by atoms with Crippen LogP contribution >= 0.6 is 0 Å². The Morgan fingerprint density at radius 3 is 1.59 bits per heavy atom. The summed E-state index contributed by atoms with van der Waals surface area (Å²) >= 11 is 0. The molecule has 8 aromatic carbocycles. The number of nitrogens with one attached hydrogen (secondary N) is 1. The van der Waals surface area contributed by atoms with Gasteiger partial charge in [-0.1, -0.05) is 197 Å². The summed E-state index contributed by atoms with van der Waals surface area (Å²) in [7, 11) is 4.20. The van der Waals surface area contributed by atoms with Gasteiger partial charge in [0.25, 0.3) is 0 Å². The van der Waals surface area contributed by atoms with Gasteiger partial charge in [-0.2, -0.15) is 0 Å². The maximum absolute atomic E-state index is 4.03. The molecule has 10 aromatic rings. The third-order valence-electron chi connectivity index (χ3n) is 13.1. The molecule has 0 spiro atoms. The van der Waals surface area contributed by atoms with Crippen molar-refractivity contribution in [1.29, 1.82) is 0 Å². The predicted octanol–water partition coefficient (Wildman–Crippen LogP) is 17.1. The summed E-state index contributed by atoms with van der Waals surface area (Å²) in [5.41, 5.74) is 17.2. The van der Waals surface area contributed by atoms with Crippen LogP contribution in [0.25, 0.3) is 82.7 Å². The zero-order valence-corrected chi connectivity index (χ0v) is 41.5. The zero-order valence-electron chi connectivity index (χ0n) is 41.5. The lowest BCUT2D eigenvalue weighted by atomic mass is 9.93. The highest BCUT2D eigenvalue weighted by molar-refractivity contribution is 6.12. The van der Waals surface area contributed by atoms with E-state index < -0.39 is 0 Å². The van der Waals surface area contributed by atoms with Gasteiger partial charge in [0.1, 0.15) is 0 Å². The molecular formula is C66H64N4. The number of fused-ring (bicyclic) bond motifs is 6. The standard InChI is InChI=1S/C31H22N2.C23H24N2.C10H12.C2H6/c1-32-28-13-7-5-11-24(28)26-19-21(15-17-29(26)32)22-16-18-31-27(20-22)25-12-6-8-14-30(25)33(31)23-9-3-2-4-10-23;1-4-21(22(5-2)23-15-16-25(3)17-24-23)20-13-11-19(12-14-20)18-9-7-6-8-10-18;1-3-9(2)10-7-5-4-6-8-10;1-2/h2-20H,1H3;4-16,23-24H,1-2,17H2,3H3;3-8H,1-2H3;1-2H3/b;22-21-;9-3+;. The van der Waals surface area contributed by atoms with Crippen molar-refractivity contribution in [3.63, 3.8) is 0 Å². The molecule has 11 rings (SSSR count). The van der Waals surface area contributed by atoms with Crippen LogP contribution in [0, 0.1) is 0 Å². The van der Waals surface area contributed by atoms with Gasteiger partial charge in [0.2, 0.25) is 0 Å². The Labute approximate surface area is 415 Å². The first-order valence-corrected chi connectivity index (χ1v) is 24.4. The van der Waals surface area contributed by atoms with E-state index in [1.54, 1.807) is 0 Å².